The molecule has 0 saturated carbocycles. The largest absolute Gasteiger partial charge is 0.349 e. The summed E-state index contributed by atoms with van der Waals surface area (Å²) in [5.41, 5.74) is 5.70. The summed E-state index contributed by atoms with van der Waals surface area (Å²) in [5.74, 6) is -0.342. The Labute approximate surface area is 87.8 Å². The molecule has 0 spiro atoms. The van der Waals surface area contributed by atoms with Crippen LogP contribution < -0.4 is 11.1 Å². The molecule has 1 saturated heterocycles. The van der Waals surface area contributed by atoms with Crippen molar-refractivity contribution in [2.45, 2.75) is 25.3 Å². The topological polar surface area (TPSA) is 58.4 Å². The van der Waals surface area contributed by atoms with Crippen molar-refractivity contribution >= 4 is 5.91 Å². The summed E-state index contributed by atoms with van der Waals surface area (Å²) < 4.78 is 23.6. The Bertz CT molecular complexity index is 206. The zero-order chi connectivity index (χ0) is 11.3. The molecule has 1 amide bonds. The highest BCUT2D eigenvalue weighted by Gasteiger charge is 2.18. The number of carbonyl (C=O) groups is 1. The Morgan fingerprint density at radius 1 is 1.47 bits per heavy atom. The monoisotopic (exact) mass is 221 g/mol. The van der Waals surface area contributed by atoms with Crippen LogP contribution >= 0.6 is 0 Å². The lowest BCUT2D eigenvalue weighted by Crippen LogP contribution is -2.45. The van der Waals surface area contributed by atoms with Gasteiger partial charge in [0.2, 0.25) is 5.91 Å². The second-order valence-electron chi connectivity index (χ2n) is 3.81. The van der Waals surface area contributed by atoms with Gasteiger partial charge in [0.15, 0.2) is 0 Å². The van der Waals surface area contributed by atoms with Crippen LogP contribution in [0.2, 0.25) is 0 Å². The number of alkyl halides is 2. The number of amides is 1. The molecule has 0 aliphatic carbocycles. The zero-order valence-corrected chi connectivity index (χ0v) is 8.59. The number of likely N-dealkylation sites (tertiary alicyclic amines) is 1. The first-order chi connectivity index (χ1) is 7.08. The average molecular weight is 221 g/mol. The van der Waals surface area contributed by atoms with Gasteiger partial charge in [0, 0.05) is 19.1 Å². The summed E-state index contributed by atoms with van der Waals surface area (Å²) in [6.07, 6.45) is -0.756. The minimum Gasteiger partial charge on any atom is -0.349 e. The molecule has 0 bridgehead atoms. The van der Waals surface area contributed by atoms with Gasteiger partial charge in [0.25, 0.3) is 6.43 Å². The molecule has 6 heteroatoms. The lowest BCUT2D eigenvalue weighted by Gasteiger charge is -2.29. The molecule has 0 atom stereocenters. The fraction of sp³-hybridized carbons (Fsp3) is 0.889. The van der Waals surface area contributed by atoms with Crippen molar-refractivity contribution in [3.05, 3.63) is 0 Å². The van der Waals surface area contributed by atoms with Crippen LogP contribution in [-0.4, -0.2) is 49.5 Å². The van der Waals surface area contributed by atoms with Gasteiger partial charge in [-0.15, -0.1) is 0 Å². The van der Waals surface area contributed by atoms with E-state index in [1.165, 1.54) is 0 Å². The highest BCUT2D eigenvalue weighted by Crippen LogP contribution is 2.07. The predicted octanol–water partition coefficient (Wildman–Crippen LogP) is -0.209. The first-order valence-electron chi connectivity index (χ1n) is 5.10. The third-order valence-electron chi connectivity index (χ3n) is 2.45. The van der Waals surface area contributed by atoms with E-state index in [1.807, 2.05) is 4.90 Å². The van der Waals surface area contributed by atoms with E-state index in [4.69, 9.17) is 5.73 Å². The minimum atomic E-state index is -2.48. The molecule has 1 heterocycles. The average Bonchev–Trinajstić information content (AvgIpc) is 2.19. The van der Waals surface area contributed by atoms with Crippen molar-refractivity contribution in [3.63, 3.8) is 0 Å². The first-order valence-corrected chi connectivity index (χ1v) is 5.10. The number of carbonyl (C=O) groups excluding carboxylic acids is 1. The summed E-state index contributed by atoms with van der Waals surface area (Å²) >= 11 is 0. The van der Waals surface area contributed by atoms with Crippen LogP contribution in [0.4, 0.5) is 8.78 Å². The highest BCUT2D eigenvalue weighted by atomic mass is 19.3. The molecule has 3 N–H and O–H groups in total. The van der Waals surface area contributed by atoms with Gasteiger partial charge in [-0.2, -0.15) is 0 Å². The molecule has 0 aromatic heterocycles. The molecular formula is C9H17F2N3O. The van der Waals surface area contributed by atoms with Crippen molar-refractivity contribution in [2.75, 3.05) is 26.2 Å². The van der Waals surface area contributed by atoms with Crippen LogP contribution in [0.1, 0.15) is 12.8 Å². The molecule has 1 aliphatic rings. The van der Waals surface area contributed by atoms with E-state index >= 15 is 0 Å². The standard InChI is InChI=1S/C9H17F2N3O/c10-8(11)5-13-9(15)6-14-3-1-7(12)2-4-14/h7-8H,1-6,12H2,(H,13,15). The number of nitrogens with zero attached hydrogens (tertiary/aromatic N) is 1. The van der Waals surface area contributed by atoms with E-state index in [9.17, 15) is 13.6 Å². The van der Waals surface area contributed by atoms with Crippen LogP contribution in [0.3, 0.4) is 0 Å². The maximum Gasteiger partial charge on any atom is 0.255 e. The number of hydrogen-bond donors (Lipinski definition) is 2. The third kappa shape index (κ3) is 5.03. The number of hydrogen-bond acceptors (Lipinski definition) is 3. The smallest absolute Gasteiger partial charge is 0.255 e. The lowest BCUT2D eigenvalue weighted by atomic mass is 10.1. The zero-order valence-electron chi connectivity index (χ0n) is 8.59. The Morgan fingerprint density at radius 2 is 2.07 bits per heavy atom. The predicted molar refractivity (Wildman–Crippen MR) is 52.7 cm³/mol. The van der Waals surface area contributed by atoms with Gasteiger partial charge in [0.05, 0.1) is 13.1 Å². The van der Waals surface area contributed by atoms with E-state index in [2.05, 4.69) is 5.32 Å². The van der Waals surface area contributed by atoms with E-state index < -0.39 is 13.0 Å². The van der Waals surface area contributed by atoms with Crippen molar-refractivity contribution < 1.29 is 13.6 Å². The van der Waals surface area contributed by atoms with Crippen LogP contribution in [0.5, 0.6) is 0 Å². The molecule has 15 heavy (non-hydrogen) atoms. The highest BCUT2D eigenvalue weighted by molar-refractivity contribution is 5.78. The molecule has 1 aliphatic heterocycles. The Hall–Kier alpha value is -0.750. The van der Waals surface area contributed by atoms with Crippen LogP contribution in [0, 0.1) is 0 Å². The second kappa shape index (κ2) is 5.97. The molecular weight excluding hydrogens is 204 g/mol. The number of rotatable bonds is 4. The number of nitrogens with two attached hydrogens (primary N) is 1. The Morgan fingerprint density at radius 3 is 2.60 bits per heavy atom. The van der Waals surface area contributed by atoms with Gasteiger partial charge in [-0.1, -0.05) is 0 Å². The SMILES string of the molecule is NC1CCN(CC(=O)NCC(F)F)CC1. The molecule has 1 rings (SSSR count). The van der Waals surface area contributed by atoms with Crippen molar-refractivity contribution in [2.24, 2.45) is 5.73 Å². The van der Waals surface area contributed by atoms with Crippen LogP contribution in [0.15, 0.2) is 0 Å². The summed E-state index contributed by atoms with van der Waals surface area (Å²) in [6, 6.07) is 0.213. The normalized spacial score (nSPS) is 19.5. The van der Waals surface area contributed by atoms with E-state index in [0.29, 0.717) is 0 Å². The quantitative estimate of drug-likeness (QED) is 0.690. The minimum absolute atomic E-state index is 0.194. The number of piperidine rings is 1. The lowest BCUT2D eigenvalue weighted by molar-refractivity contribution is -0.123. The van der Waals surface area contributed by atoms with Crippen LogP contribution in [-0.2, 0) is 4.79 Å². The van der Waals surface area contributed by atoms with Gasteiger partial charge in [-0.25, -0.2) is 8.78 Å². The molecule has 0 aromatic rings. The summed E-state index contributed by atoms with van der Waals surface area (Å²) in [6.45, 7) is 1.16. The summed E-state index contributed by atoms with van der Waals surface area (Å²) in [5, 5.41) is 2.18. The molecule has 0 aromatic carbocycles. The summed E-state index contributed by atoms with van der Waals surface area (Å²) in [7, 11) is 0. The maximum atomic E-state index is 11.8. The van der Waals surface area contributed by atoms with Gasteiger partial charge in [0.1, 0.15) is 0 Å². The van der Waals surface area contributed by atoms with E-state index in [1.54, 1.807) is 0 Å². The number of halogens is 2. The molecule has 0 radical (unpaired) electrons. The first kappa shape index (κ1) is 12.3. The Balaban J connectivity index is 2.15. The van der Waals surface area contributed by atoms with Gasteiger partial charge < -0.3 is 11.1 Å². The van der Waals surface area contributed by atoms with Crippen molar-refractivity contribution in [1.82, 2.24) is 10.2 Å². The molecule has 1 fully saturated rings. The maximum absolute atomic E-state index is 11.8. The third-order valence-corrected chi connectivity index (χ3v) is 2.45. The van der Waals surface area contributed by atoms with Gasteiger partial charge in [-0.3, -0.25) is 9.69 Å². The van der Waals surface area contributed by atoms with E-state index in [-0.39, 0.29) is 18.5 Å². The summed E-state index contributed by atoms with van der Waals surface area (Å²) in [4.78, 5) is 13.1. The van der Waals surface area contributed by atoms with Crippen molar-refractivity contribution in [3.8, 4) is 0 Å². The second-order valence-corrected chi connectivity index (χ2v) is 3.81. The van der Waals surface area contributed by atoms with Crippen LogP contribution in [0.25, 0.3) is 0 Å². The van der Waals surface area contributed by atoms with Crippen molar-refractivity contribution in [1.29, 1.82) is 0 Å². The van der Waals surface area contributed by atoms with Gasteiger partial charge >= 0.3 is 0 Å². The number of nitrogens with one attached hydrogen (secondary N) is 1. The fourth-order valence-electron chi connectivity index (χ4n) is 1.56. The molecule has 88 valence electrons. The Kier molecular flexibility index (Phi) is 4.90. The van der Waals surface area contributed by atoms with E-state index in [0.717, 1.165) is 25.9 Å². The molecule has 4 nitrogen and oxygen atoms in total. The fourth-order valence-corrected chi connectivity index (χ4v) is 1.56. The molecule has 0 unspecified atom stereocenters. The van der Waals surface area contributed by atoms with Gasteiger partial charge in [-0.05, 0) is 12.8 Å².